The van der Waals surface area contributed by atoms with Crippen LogP contribution < -0.4 is 0 Å². The van der Waals surface area contributed by atoms with Crippen LogP contribution in [0.4, 0.5) is 0 Å². The lowest BCUT2D eigenvalue weighted by Crippen LogP contribution is -2.41. The molecule has 0 aromatic carbocycles. The molecule has 2 atom stereocenters. The van der Waals surface area contributed by atoms with Gasteiger partial charge in [0.25, 0.3) is 0 Å². The van der Waals surface area contributed by atoms with Gasteiger partial charge in [-0.15, -0.1) is 0 Å². The monoisotopic (exact) mass is 184 g/mol. The Kier molecular flexibility index (Phi) is 2.54. The van der Waals surface area contributed by atoms with Gasteiger partial charge in [-0.25, -0.2) is 0 Å². The highest BCUT2D eigenvalue weighted by Gasteiger charge is 2.38. The number of ether oxygens (including phenoxy) is 1. The molecule has 1 aliphatic carbocycles. The van der Waals surface area contributed by atoms with Crippen molar-refractivity contribution in [2.75, 3.05) is 6.61 Å². The molecular weight excluding hydrogens is 168 g/mol. The molecule has 2 unspecified atom stereocenters. The third-order valence-corrected chi connectivity index (χ3v) is 3.38. The fraction of sp³-hybridized carbons (Fsp3) is 0.900. The fourth-order valence-corrected chi connectivity index (χ4v) is 2.26. The SMILES string of the molecule is O=C(O)CC(C1CCC1)C1CCO1. The first-order chi connectivity index (χ1) is 6.27. The van der Waals surface area contributed by atoms with Crippen LogP contribution in [0.15, 0.2) is 0 Å². The highest BCUT2D eigenvalue weighted by Crippen LogP contribution is 2.40. The summed E-state index contributed by atoms with van der Waals surface area (Å²) in [6, 6.07) is 0. The second-order valence-corrected chi connectivity index (χ2v) is 4.15. The third kappa shape index (κ3) is 1.85. The van der Waals surface area contributed by atoms with Gasteiger partial charge in [0.15, 0.2) is 0 Å². The smallest absolute Gasteiger partial charge is 0.303 e. The topological polar surface area (TPSA) is 46.5 Å². The van der Waals surface area contributed by atoms with Crippen molar-refractivity contribution in [2.45, 2.75) is 38.2 Å². The highest BCUT2D eigenvalue weighted by molar-refractivity contribution is 5.67. The van der Waals surface area contributed by atoms with E-state index in [-0.39, 0.29) is 6.10 Å². The number of hydrogen-bond donors (Lipinski definition) is 1. The largest absolute Gasteiger partial charge is 0.481 e. The first-order valence-corrected chi connectivity index (χ1v) is 5.11. The van der Waals surface area contributed by atoms with E-state index in [1.807, 2.05) is 0 Å². The molecule has 13 heavy (non-hydrogen) atoms. The fourth-order valence-electron chi connectivity index (χ4n) is 2.26. The maximum atomic E-state index is 10.6. The van der Waals surface area contributed by atoms with Crippen LogP contribution in [-0.4, -0.2) is 23.8 Å². The lowest BCUT2D eigenvalue weighted by molar-refractivity contribution is -0.147. The van der Waals surface area contributed by atoms with E-state index in [9.17, 15) is 4.79 Å². The summed E-state index contributed by atoms with van der Waals surface area (Å²) in [5.41, 5.74) is 0. The Labute approximate surface area is 78.1 Å². The Morgan fingerprint density at radius 1 is 1.46 bits per heavy atom. The minimum atomic E-state index is -0.674. The van der Waals surface area contributed by atoms with E-state index in [1.54, 1.807) is 0 Å². The molecule has 0 radical (unpaired) electrons. The first-order valence-electron chi connectivity index (χ1n) is 5.11. The van der Waals surface area contributed by atoms with Gasteiger partial charge in [-0.05, 0) is 18.3 Å². The number of aliphatic carboxylic acids is 1. The molecule has 3 nitrogen and oxygen atoms in total. The van der Waals surface area contributed by atoms with Crippen LogP contribution in [-0.2, 0) is 9.53 Å². The average molecular weight is 184 g/mol. The quantitative estimate of drug-likeness (QED) is 0.722. The van der Waals surface area contributed by atoms with Crippen molar-refractivity contribution in [3.63, 3.8) is 0 Å². The van der Waals surface area contributed by atoms with Crippen LogP contribution in [0.2, 0.25) is 0 Å². The van der Waals surface area contributed by atoms with Crippen molar-refractivity contribution in [1.29, 1.82) is 0 Å². The van der Waals surface area contributed by atoms with Crippen LogP contribution in [0.5, 0.6) is 0 Å². The number of rotatable bonds is 4. The van der Waals surface area contributed by atoms with Gasteiger partial charge in [0.05, 0.1) is 12.5 Å². The predicted molar refractivity (Wildman–Crippen MR) is 47.4 cm³/mol. The zero-order valence-electron chi connectivity index (χ0n) is 7.74. The lowest BCUT2D eigenvalue weighted by Gasteiger charge is -2.41. The van der Waals surface area contributed by atoms with Gasteiger partial charge in [-0.1, -0.05) is 19.3 Å². The Morgan fingerprint density at radius 2 is 2.15 bits per heavy atom. The third-order valence-electron chi connectivity index (χ3n) is 3.38. The molecule has 1 saturated heterocycles. The number of carboxylic acid groups (broad SMARTS) is 1. The molecule has 1 aliphatic heterocycles. The van der Waals surface area contributed by atoms with Crippen LogP contribution >= 0.6 is 0 Å². The second-order valence-electron chi connectivity index (χ2n) is 4.15. The average Bonchev–Trinajstić information content (AvgIpc) is 1.75. The molecule has 74 valence electrons. The zero-order valence-corrected chi connectivity index (χ0v) is 7.74. The van der Waals surface area contributed by atoms with Crippen molar-refractivity contribution >= 4 is 5.97 Å². The number of carboxylic acids is 1. The van der Waals surface area contributed by atoms with Gasteiger partial charge in [-0.2, -0.15) is 0 Å². The first kappa shape index (κ1) is 9.00. The highest BCUT2D eigenvalue weighted by atomic mass is 16.5. The van der Waals surface area contributed by atoms with Crippen molar-refractivity contribution in [1.82, 2.24) is 0 Å². The molecule has 1 saturated carbocycles. The maximum absolute atomic E-state index is 10.6. The summed E-state index contributed by atoms with van der Waals surface area (Å²) in [6.07, 6.45) is 5.30. The van der Waals surface area contributed by atoms with E-state index in [2.05, 4.69) is 0 Å². The van der Waals surface area contributed by atoms with Gasteiger partial charge in [0.2, 0.25) is 0 Å². The van der Waals surface area contributed by atoms with Gasteiger partial charge < -0.3 is 9.84 Å². The van der Waals surface area contributed by atoms with E-state index in [0.29, 0.717) is 18.3 Å². The van der Waals surface area contributed by atoms with Crippen molar-refractivity contribution in [2.24, 2.45) is 11.8 Å². The molecule has 0 aromatic heterocycles. The van der Waals surface area contributed by atoms with Crippen LogP contribution in [0, 0.1) is 11.8 Å². The van der Waals surface area contributed by atoms with E-state index >= 15 is 0 Å². The molecule has 1 heterocycles. The molecule has 3 heteroatoms. The Hall–Kier alpha value is -0.570. The molecule has 2 aliphatic rings. The van der Waals surface area contributed by atoms with Gasteiger partial charge in [0.1, 0.15) is 0 Å². The van der Waals surface area contributed by atoms with Crippen molar-refractivity contribution < 1.29 is 14.6 Å². The summed E-state index contributed by atoms with van der Waals surface area (Å²) < 4.78 is 5.39. The molecule has 1 N–H and O–H groups in total. The minimum Gasteiger partial charge on any atom is -0.481 e. The summed E-state index contributed by atoms with van der Waals surface area (Å²) in [4.78, 5) is 10.6. The Morgan fingerprint density at radius 3 is 2.46 bits per heavy atom. The predicted octanol–water partition coefficient (Wildman–Crippen LogP) is 1.67. The van der Waals surface area contributed by atoms with E-state index < -0.39 is 5.97 Å². The lowest BCUT2D eigenvalue weighted by atomic mass is 9.71. The summed E-state index contributed by atoms with van der Waals surface area (Å²) >= 11 is 0. The Bertz CT molecular complexity index is 180. The van der Waals surface area contributed by atoms with Crippen molar-refractivity contribution in [3.05, 3.63) is 0 Å². The van der Waals surface area contributed by atoms with Crippen LogP contribution in [0.25, 0.3) is 0 Å². The molecule has 2 rings (SSSR count). The van der Waals surface area contributed by atoms with Gasteiger partial charge in [-0.3, -0.25) is 4.79 Å². The second kappa shape index (κ2) is 3.66. The molecule has 0 aromatic rings. The molecule has 0 amide bonds. The number of hydrogen-bond acceptors (Lipinski definition) is 2. The van der Waals surface area contributed by atoms with E-state index in [4.69, 9.17) is 9.84 Å². The standard InChI is InChI=1S/C10H16O3/c11-10(12)6-8(7-2-1-3-7)9-4-5-13-9/h7-9H,1-6H2,(H,11,12). The summed E-state index contributed by atoms with van der Waals surface area (Å²) in [6.45, 7) is 0.827. The maximum Gasteiger partial charge on any atom is 0.303 e. The van der Waals surface area contributed by atoms with Crippen LogP contribution in [0.3, 0.4) is 0 Å². The molecular formula is C10H16O3. The number of carbonyl (C=O) groups is 1. The summed E-state index contributed by atoms with van der Waals surface area (Å²) in [7, 11) is 0. The molecule has 2 fully saturated rings. The Balaban J connectivity index is 1.88. The van der Waals surface area contributed by atoms with Gasteiger partial charge in [0, 0.05) is 6.61 Å². The van der Waals surface area contributed by atoms with E-state index in [0.717, 1.165) is 13.0 Å². The zero-order chi connectivity index (χ0) is 9.26. The normalized spacial score (nSPS) is 30.3. The van der Waals surface area contributed by atoms with Crippen LogP contribution in [0.1, 0.15) is 32.1 Å². The van der Waals surface area contributed by atoms with Gasteiger partial charge >= 0.3 is 5.97 Å². The summed E-state index contributed by atoms with van der Waals surface area (Å²) in [5, 5.41) is 8.77. The van der Waals surface area contributed by atoms with E-state index in [1.165, 1.54) is 19.3 Å². The minimum absolute atomic E-state index is 0.251. The van der Waals surface area contributed by atoms with Crippen molar-refractivity contribution in [3.8, 4) is 0 Å². The summed E-state index contributed by atoms with van der Waals surface area (Å²) in [5.74, 6) is 0.244. The molecule has 0 bridgehead atoms. The molecule has 0 spiro atoms.